The first-order valence-electron chi connectivity index (χ1n) is 8.50. The van der Waals surface area contributed by atoms with Crippen LogP contribution in [-0.4, -0.2) is 26.0 Å². The molecular weight excluding hydrogens is 364 g/mol. The Morgan fingerprint density at radius 1 is 1.04 bits per heavy atom. The summed E-state index contributed by atoms with van der Waals surface area (Å²) in [7, 11) is -3.19. The van der Waals surface area contributed by atoms with Crippen molar-refractivity contribution < 1.29 is 18.0 Å². The average Bonchev–Trinajstić information content (AvgIpc) is 2.96. The number of carbonyl (C=O) groups excluding carboxylic acids is 2. The van der Waals surface area contributed by atoms with Gasteiger partial charge in [0.2, 0.25) is 5.91 Å². The lowest BCUT2D eigenvalue weighted by atomic mass is 10.1. The number of aryl methyl sites for hydroxylation is 1. The standard InChI is InChI=1S/C20H20N2O4S/c1-14-7-8-17(22-20(24)16-5-3-2-4-6-16)18(11-14)21-19(23)12-15-9-10-27(25,26)13-15/h2-11,15H,12-13H2,1H3,(H,21,23)(H,22,24)/t15-/m0/s1. The summed E-state index contributed by atoms with van der Waals surface area (Å²) in [5, 5.41) is 6.74. The molecule has 27 heavy (non-hydrogen) atoms. The fraction of sp³-hybridized carbons (Fsp3) is 0.200. The lowest BCUT2D eigenvalue weighted by Crippen LogP contribution is -2.19. The third kappa shape index (κ3) is 5.04. The predicted molar refractivity (Wildman–Crippen MR) is 105 cm³/mol. The van der Waals surface area contributed by atoms with Gasteiger partial charge in [0.25, 0.3) is 5.91 Å². The van der Waals surface area contributed by atoms with Crippen LogP contribution < -0.4 is 10.6 Å². The molecule has 0 spiro atoms. The van der Waals surface area contributed by atoms with Crippen LogP contribution >= 0.6 is 0 Å². The second-order valence-electron chi connectivity index (χ2n) is 6.54. The summed E-state index contributed by atoms with van der Waals surface area (Å²) in [6.07, 6.45) is 1.61. The molecule has 0 bridgehead atoms. The number of nitrogens with one attached hydrogen (secondary N) is 2. The van der Waals surface area contributed by atoms with E-state index in [1.807, 2.05) is 19.1 Å². The van der Waals surface area contributed by atoms with E-state index in [0.29, 0.717) is 16.9 Å². The highest BCUT2D eigenvalue weighted by molar-refractivity contribution is 7.94. The summed E-state index contributed by atoms with van der Waals surface area (Å²) in [6, 6.07) is 14.1. The summed E-state index contributed by atoms with van der Waals surface area (Å²) in [6.45, 7) is 1.88. The van der Waals surface area contributed by atoms with E-state index in [1.165, 1.54) is 0 Å². The Morgan fingerprint density at radius 3 is 2.44 bits per heavy atom. The number of carbonyl (C=O) groups is 2. The van der Waals surface area contributed by atoms with Gasteiger partial charge in [0, 0.05) is 23.3 Å². The minimum atomic E-state index is -3.19. The number of hydrogen-bond acceptors (Lipinski definition) is 4. The average molecular weight is 384 g/mol. The molecule has 6 nitrogen and oxygen atoms in total. The van der Waals surface area contributed by atoms with Gasteiger partial charge in [-0.2, -0.15) is 0 Å². The van der Waals surface area contributed by atoms with Gasteiger partial charge < -0.3 is 10.6 Å². The number of benzene rings is 2. The van der Waals surface area contributed by atoms with E-state index >= 15 is 0 Å². The molecule has 1 atom stereocenters. The summed E-state index contributed by atoms with van der Waals surface area (Å²) in [5.74, 6) is -0.962. The minimum Gasteiger partial charge on any atom is -0.324 e. The van der Waals surface area contributed by atoms with Gasteiger partial charge in [-0.1, -0.05) is 30.3 Å². The van der Waals surface area contributed by atoms with Crippen LogP contribution in [0.1, 0.15) is 22.3 Å². The maximum absolute atomic E-state index is 12.4. The molecule has 1 aliphatic rings. The van der Waals surface area contributed by atoms with Crippen LogP contribution in [0.15, 0.2) is 60.0 Å². The quantitative estimate of drug-likeness (QED) is 0.828. The van der Waals surface area contributed by atoms with Gasteiger partial charge in [0.15, 0.2) is 9.84 Å². The molecule has 0 unspecified atom stereocenters. The van der Waals surface area contributed by atoms with Crippen molar-refractivity contribution in [2.24, 2.45) is 5.92 Å². The van der Waals surface area contributed by atoms with Crippen LogP contribution in [0.3, 0.4) is 0 Å². The zero-order valence-corrected chi connectivity index (χ0v) is 15.6. The maximum atomic E-state index is 12.4. The van der Waals surface area contributed by atoms with E-state index < -0.39 is 9.84 Å². The van der Waals surface area contributed by atoms with Gasteiger partial charge in [-0.05, 0) is 36.8 Å². The summed E-state index contributed by atoms with van der Waals surface area (Å²) in [4.78, 5) is 24.7. The first-order chi connectivity index (χ1) is 12.8. The van der Waals surface area contributed by atoms with Crippen LogP contribution in [-0.2, 0) is 14.6 Å². The van der Waals surface area contributed by atoms with Gasteiger partial charge in [-0.15, -0.1) is 0 Å². The lowest BCUT2D eigenvalue weighted by molar-refractivity contribution is -0.116. The molecule has 1 heterocycles. The van der Waals surface area contributed by atoms with Crippen molar-refractivity contribution >= 4 is 33.0 Å². The molecule has 2 aromatic rings. The van der Waals surface area contributed by atoms with Gasteiger partial charge in [-0.25, -0.2) is 8.42 Å². The Morgan fingerprint density at radius 2 is 1.78 bits per heavy atom. The van der Waals surface area contributed by atoms with E-state index in [0.717, 1.165) is 11.0 Å². The Labute approximate surface area is 158 Å². The highest BCUT2D eigenvalue weighted by Gasteiger charge is 2.24. The predicted octanol–water partition coefficient (Wildman–Crippen LogP) is 3.13. The molecule has 0 saturated carbocycles. The second-order valence-corrected chi connectivity index (χ2v) is 8.47. The van der Waals surface area contributed by atoms with Crippen molar-refractivity contribution in [1.82, 2.24) is 0 Å². The summed E-state index contributed by atoms with van der Waals surface area (Å²) < 4.78 is 22.9. The molecule has 7 heteroatoms. The van der Waals surface area contributed by atoms with E-state index in [1.54, 1.807) is 42.5 Å². The van der Waals surface area contributed by atoms with Crippen LogP contribution in [0.5, 0.6) is 0 Å². The Hall–Kier alpha value is -2.93. The van der Waals surface area contributed by atoms with Gasteiger partial charge in [-0.3, -0.25) is 9.59 Å². The van der Waals surface area contributed by atoms with E-state index in [2.05, 4.69) is 10.6 Å². The Bertz CT molecular complexity index is 998. The zero-order chi connectivity index (χ0) is 19.4. The number of hydrogen-bond donors (Lipinski definition) is 2. The molecule has 1 aliphatic heterocycles. The molecule has 0 aliphatic carbocycles. The monoisotopic (exact) mass is 384 g/mol. The molecular formula is C20H20N2O4S. The van der Waals surface area contributed by atoms with Crippen LogP contribution in [0.2, 0.25) is 0 Å². The molecule has 2 aromatic carbocycles. The molecule has 0 fully saturated rings. The fourth-order valence-corrected chi connectivity index (χ4v) is 4.26. The highest BCUT2D eigenvalue weighted by atomic mass is 32.2. The second kappa shape index (κ2) is 7.75. The minimum absolute atomic E-state index is 0.0498. The molecule has 0 saturated heterocycles. The molecule has 140 valence electrons. The summed E-state index contributed by atoms with van der Waals surface area (Å²) in [5.41, 5.74) is 2.40. The molecule has 2 amide bonds. The molecule has 0 radical (unpaired) electrons. The fourth-order valence-electron chi connectivity index (χ4n) is 2.86. The lowest BCUT2D eigenvalue weighted by Gasteiger charge is -2.14. The zero-order valence-electron chi connectivity index (χ0n) is 14.8. The topological polar surface area (TPSA) is 92.3 Å². The number of allylic oxidation sites excluding steroid dienone is 1. The van der Waals surface area contributed by atoms with Crippen molar-refractivity contribution in [2.75, 3.05) is 16.4 Å². The number of anilines is 2. The number of amides is 2. The van der Waals surface area contributed by atoms with Gasteiger partial charge >= 0.3 is 0 Å². The number of rotatable bonds is 5. The van der Waals surface area contributed by atoms with Crippen molar-refractivity contribution in [3.63, 3.8) is 0 Å². The smallest absolute Gasteiger partial charge is 0.255 e. The molecule has 2 N–H and O–H groups in total. The molecule has 3 rings (SSSR count). The normalized spacial score (nSPS) is 17.4. The first-order valence-corrected chi connectivity index (χ1v) is 10.2. The van der Waals surface area contributed by atoms with Crippen molar-refractivity contribution in [3.05, 3.63) is 71.1 Å². The van der Waals surface area contributed by atoms with Crippen molar-refractivity contribution in [1.29, 1.82) is 0 Å². The van der Waals surface area contributed by atoms with Crippen LogP contribution in [0, 0.1) is 12.8 Å². The Kier molecular flexibility index (Phi) is 5.41. The summed E-state index contributed by atoms with van der Waals surface area (Å²) >= 11 is 0. The third-order valence-electron chi connectivity index (χ3n) is 4.19. The highest BCUT2D eigenvalue weighted by Crippen LogP contribution is 2.25. The van der Waals surface area contributed by atoms with E-state index in [-0.39, 0.29) is 29.9 Å². The third-order valence-corrected chi connectivity index (χ3v) is 5.65. The van der Waals surface area contributed by atoms with Gasteiger partial charge in [0.05, 0.1) is 17.1 Å². The largest absolute Gasteiger partial charge is 0.324 e. The first kappa shape index (κ1) is 18.8. The van der Waals surface area contributed by atoms with E-state index in [4.69, 9.17) is 0 Å². The molecule has 0 aromatic heterocycles. The SMILES string of the molecule is Cc1ccc(NC(=O)c2ccccc2)c(NC(=O)C[C@@H]2C=CS(=O)(=O)C2)c1. The Balaban J connectivity index is 1.71. The number of sulfone groups is 1. The van der Waals surface area contributed by atoms with Gasteiger partial charge in [0.1, 0.15) is 0 Å². The van der Waals surface area contributed by atoms with Crippen LogP contribution in [0.25, 0.3) is 0 Å². The van der Waals surface area contributed by atoms with E-state index in [9.17, 15) is 18.0 Å². The van der Waals surface area contributed by atoms with Crippen molar-refractivity contribution in [3.8, 4) is 0 Å². The maximum Gasteiger partial charge on any atom is 0.255 e. The van der Waals surface area contributed by atoms with Crippen molar-refractivity contribution in [2.45, 2.75) is 13.3 Å². The van der Waals surface area contributed by atoms with Crippen LogP contribution in [0.4, 0.5) is 11.4 Å².